The summed E-state index contributed by atoms with van der Waals surface area (Å²) in [5.74, 6) is 0.302. The summed E-state index contributed by atoms with van der Waals surface area (Å²) < 4.78 is 5.90. The summed E-state index contributed by atoms with van der Waals surface area (Å²) in [5, 5.41) is 0. The fourth-order valence-electron chi connectivity index (χ4n) is 3.49. The molecule has 28 heavy (non-hydrogen) atoms. The highest BCUT2D eigenvalue weighted by molar-refractivity contribution is 5.86. The first kappa shape index (κ1) is 21.4. The van der Waals surface area contributed by atoms with Gasteiger partial charge in [0.2, 0.25) is 0 Å². The monoisotopic (exact) mass is 374 g/mol. The lowest BCUT2D eigenvalue weighted by atomic mass is 9.88. The van der Waals surface area contributed by atoms with E-state index in [0.29, 0.717) is 5.75 Å². The van der Waals surface area contributed by atoms with Crippen LogP contribution in [0.5, 0.6) is 5.75 Å². The molecule has 0 fully saturated rings. The first-order valence-corrected chi connectivity index (χ1v) is 9.70. The van der Waals surface area contributed by atoms with Gasteiger partial charge < -0.3 is 4.74 Å². The number of hydrogen-bond donors (Lipinski definition) is 0. The SMILES string of the molecule is C=Cc1c(C)c(/C=C/C)c(C(=C)C)c(OC(=O)Cc2ccc(CC)cc2)c1C. The molecular weight excluding hydrogens is 344 g/mol. The van der Waals surface area contributed by atoms with Crippen molar-refractivity contribution in [3.8, 4) is 5.75 Å². The van der Waals surface area contributed by atoms with Gasteiger partial charge in [0, 0.05) is 5.56 Å². The van der Waals surface area contributed by atoms with Crippen LogP contribution < -0.4 is 4.74 Å². The molecule has 0 atom stereocenters. The van der Waals surface area contributed by atoms with Crippen LogP contribution in [0, 0.1) is 13.8 Å². The molecule has 2 heteroatoms. The third-order valence-corrected chi connectivity index (χ3v) is 5.01. The van der Waals surface area contributed by atoms with Crippen LogP contribution in [0.15, 0.2) is 43.5 Å². The Morgan fingerprint density at radius 3 is 2.18 bits per heavy atom. The lowest BCUT2D eigenvalue weighted by molar-refractivity contribution is -0.133. The maximum atomic E-state index is 12.7. The van der Waals surface area contributed by atoms with Crippen molar-refractivity contribution in [2.75, 3.05) is 0 Å². The van der Waals surface area contributed by atoms with E-state index in [1.54, 1.807) is 0 Å². The molecule has 0 saturated heterocycles. The van der Waals surface area contributed by atoms with Crippen LogP contribution in [-0.2, 0) is 17.6 Å². The standard InChI is InChI=1S/C26H30O2/c1-8-11-23-18(6)22(10-3)19(7)26(25(23)17(4)5)28-24(27)16-21-14-12-20(9-2)13-15-21/h8,10-15H,3-4,9,16H2,1-2,5-7H3/b11-8+. The van der Waals surface area contributed by atoms with Crippen molar-refractivity contribution in [2.45, 2.75) is 47.5 Å². The first-order valence-electron chi connectivity index (χ1n) is 9.70. The van der Waals surface area contributed by atoms with Gasteiger partial charge in [0.25, 0.3) is 0 Å². The van der Waals surface area contributed by atoms with Crippen molar-refractivity contribution in [1.29, 1.82) is 0 Å². The van der Waals surface area contributed by atoms with Gasteiger partial charge in [-0.1, -0.05) is 62.6 Å². The van der Waals surface area contributed by atoms with E-state index in [0.717, 1.165) is 45.4 Å². The Labute approximate surface area is 169 Å². The van der Waals surface area contributed by atoms with Crippen molar-refractivity contribution in [1.82, 2.24) is 0 Å². The zero-order valence-corrected chi connectivity index (χ0v) is 17.7. The molecule has 0 spiro atoms. The Morgan fingerprint density at radius 1 is 1.07 bits per heavy atom. The van der Waals surface area contributed by atoms with E-state index in [1.165, 1.54) is 5.56 Å². The van der Waals surface area contributed by atoms with Crippen LogP contribution in [0.4, 0.5) is 0 Å². The number of ether oxygens (including phenoxy) is 1. The van der Waals surface area contributed by atoms with Crippen LogP contribution in [0.2, 0.25) is 0 Å². The van der Waals surface area contributed by atoms with E-state index >= 15 is 0 Å². The van der Waals surface area contributed by atoms with E-state index in [4.69, 9.17) is 4.74 Å². The Kier molecular flexibility index (Phi) is 7.17. The second-order valence-corrected chi connectivity index (χ2v) is 7.09. The molecule has 0 heterocycles. The van der Waals surface area contributed by atoms with Gasteiger partial charge in [-0.05, 0) is 73.1 Å². The fourth-order valence-corrected chi connectivity index (χ4v) is 3.49. The van der Waals surface area contributed by atoms with Crippen LogP contribution in [-0.4, -0.2) is 5.97 Å². The third-order valence-electron chi connectivity index (χ3n) is 5.01. The summed E-state index contributed by atoms with van der Waals surface area (Å²) in [5.41, 5.74) is 7.98. The van der Waals surface area contributed by atoms with E-state index in [1.807, 2.05) is 51.1 Å². The predicted octanol–water partition coefficient (Wildman–Crippen LogP) is 6.72. The van der Waals surface area contributed by atoms with Gasteiger partial charge in [0.05, 0.1) is 6.42 Å². The molecule has 2 aromatic rings. The van der Waals surface area contributed by atoms with Crippen molar-refractivity contribution < 1.29 is 9.53 Å². The normalized spacial score (nSPS) is 10.9. The van der Waals surface area contributed by atoms with Gasteiger partial charge in [-0.3, -0.25) is 4.79 Å². The molecule has 0 aliphatic rings. The second-order valence-electron chi connectivity index (χ2n) is 7.09. The molecule has 0 bridgehead atoms. The molecule has 0 radical (unpaired) electrons. The van der Waals surface area contributed by atoms with E-state index in [9.17, 15) is 4.79 Å². The van der Waals surface area contributed by atoms with E-state index in [-0.39, 0.29) is 12.4 Å². The Morgan fingerprint density at radius 2 is 1.68 bits per heavy atom. The highest BCUT2D eigenvalue weighted by atomic mass is 16.5. The molecule has 0 aliphatic heterocycles. The Bertz CT molecular complexity index is 928. The average molecular weight is 375 g/mol. The zero-order chi connectivity index (χ0) is 20.8. The number of esters is 1. The minimum Gasteiger partial charge on any atom is -0.425 e. The third kappa shape index (κ3) is 4.51. The summed E-state index contributed by atoms with van der Waals surface area (Å²) in [7, 11) is 0. The van der Waals surface area contributed by atoms with Gasteiger partial charge in [-0.25, -0.2) is 0 Å². The summed E-state index contributed by atoms with van der Waals surface area (Å²) in [6.45, 7) is 18.1. The number of aryl methyl sites for hydroxylation is 1. The fraction of sp³-hybridized carbons (Fsp3) is 0.269. The lowest BCUT2D eigenvalue weighted by Crippen LogP contribution is -2.14. The van der Waals surface area contributed by atoms with E-state index < -0.39 is 0 Å². The molecule has 0 amide bonds. The number of allylic oxidation sites excluding steroid dienone is 2. The minimum absolute atomic E-state index is 0.231. The number of hydrogen-bond acceptors (Lipinski definition) is 2. The first-order chi connectivity index (χ1) is 13.3. The number of carbonyl (C=O) groups is 1. The number of rotatable bonds is 7. The Balaban J connectivity index is 2.47. The van der Waals surface area contributed by atoms with Crippen molar-refractivity contribution in [2.24, 2.45) is 0 Å². The molecule has 0 aromatic heterocycles. The highest BCUT2D eigenvalue weighted by Gasteiger charge is 2.21. The molecule has 2 aromatic carbocycles. The van der Waals surface area contributed by atoms with Crippen LogP contribution >= 0.6 is 0 Å². The largest absolute Gasteiger partial charge is 0.425 e. The van der Waals surface area contributed by atoms with Gasteiger partial charge in [-0.2, -0.15) is 0 Å². The van der Waals surface area contributed by atoms with Gasteiger partial charge in [0.15, 0.2) is 0 Å². The minimum atomic E-state index is -0.278. The van der Waals surface area contributed by atoms with Crippen LogP contribution in [0.25, 0.3) is 17.7 Å². The van der Waals surface area contributed by atoms with Crippen molar-refractivity contribution in [3.63, 3.8) is 0 Å². The maximum Gasteiger partial charge on any atom is 0.315 e. The van der Waals surface area contributed by atoms with Crippen molar-refractivity contribution >= 4 is 23.7 Å². The molecular formula is C26H30O2. The number of carbonyl (C=O) groups excluding carboxylic acids is 1. The molecule has 0 aliphatic carbocycles. The molecule has 2 nitrogen and oxygen atoms in total. The molecule has 0 saturated carbocycles. The molecule has 0 N–H and O–H groups in total. The lowest BCUT2D eigenvalue weighted by Gasteiger charge is -2.21. The highest BCUT2D eigenvalue weighted by Crippen LogP contribution is 2.39. The molecule has 2 rings (SSSR count). The van der Waals surface area contributed by atoms with Gasteiger partial charge in [0.1, 0.15) is 5.75 Å². The van der Waals surface area contributed by atoms with Gasteiger partial charge in [-0.15, -0.1) is 0 Å². The maximum absolute atomic E-state index is 12.7. The number of benzene rings is 2. The van der Waals surface area contributed by atoms with Crippen LogP contribution in [0.1, 0.15) is 59.7 Å². The molecule has 146 valence electrons. The van der Waals surface area contributed by atoms with Gasteiger partial charge >= 0.3 is 5.97 Å². The molecule has 0 unspecified atom stereocenters. The predicted molar refractivity (Wildman–Crippen MR) is 121 cm³/mol. The smallest absolute Gasteiger partial charge is 0.315 e. The van der Waals surface area contributed by atoms with Crippen LogP contribution in [0.3, 0.4) is 0 Å². The second kappa shape index (κ2) is 9.36. The zero-order valence-electron chi connectivity index (χ0n) is 17.7. The summed E-state index contributed by atoms with van der Waals surface area (Å²) in [6, 6.07) is 8.09. The Hall–Kier alpha value is -2.87. The summed E-state index contributed by atoms with van der Waals surface area (Å²) in [4.78, 5) is 12.7. The average Bonchev–Trinajstić information content (AvgIpc) is 2.66. The quantitative estimate of drug-likeness (QED) is 0.397. The summed E-state index contributed by atoms with van der Waals surface area (Å²) >= 11 is 0. The van der Waals surface area contributed by atoms with E-state index in [2.05, 4.69) is 39.1 Å². The summed E-state index contributed by atoms with van der Waals surface area (Å²) in [6.07, 6.45) is 7.05. The topological polar surface area (TPSA) is 26.3 Å². The van der Waals surface area contributed by atoms with Crippen molar-refractivity contribution in [3.05, 3.63) is 82.4 Å².